The molecule has 148 valence electrons. The summed E-state index contributed by atoms with van der Waals surface area (Å²) in [7, 11) is 1.67. The van der Waals surface area contributed by atoms with Crippen LogP contribution in [0.2, 0.25) is 0 Å². The third-order valence-electron chi connectivity index (χ3n) is 3.95. The summed E-state index contributed by atoms with van der Waals surface area (Å²) in [5.41, 5.74) is 0.330. The molecule has 0 atom stereocenters. The van der Waals surface area contributed by atoms with E-state index in [4.69, 9.17) is 18.6 Å². The molecule has 0 aliphatic carbocycles. The van der Waals surface area contributed by atoms with E-state index in [0.717, 1.165) is 6.42 Å². The summed E-state index contributed by atoms with van der Waals surface area (Å²) in [6, 6.07) is 6.87. The molecule has 1 N–H and O–H groups in total. The van der Waals surface area contributed by atoms with Gasteiger partial charge >= 0.3 is 5.63 Å². The lowest BCUT2D eigenvalue weighted by Crippen LogP contribution is -2.13. The van der Waals surface area contributed by atoms with Crippen LogP contribution in [0.5, 0.6) is 5.75 Å². The van der Waals surface area contributed by atoms with E-state index in [9.17, 15) is 9.90 Å². The Kier molecular flexibility index (Phi) is 8.97. The second-order valence-corrected chi connectivity index (χ2v) is 6.00. The van der Waals surface area contributed by atoms with Gasteiger partial charge in [0, 0.05) is 33.5 Å². The maximum absolute atomic E-state index is 12.1. The number of hydrogen-bond acceptors (Lipinski definition) is 7. The maximum atomic E-state index is 12.1. The van der Waals surface area contributed by atoms with Gasteiger partial charge in [-0.05, 0) is 31.9 Å². The average Bonchev–Trinajstić information content (AvgIpc) is 2.66. The first-order chi connectivity index (χ1) is 13.1. The normalized spacial score (nSPS) is 12.0. The van der Waals surface area contributed by atoms with Crippen molar-refractivity contribution < 1.29 is 23.7 Å². The summed E-state index contributed by atoms with van der Waals surface area (Å²) >= 11 is 0. The van der Waals surface area contributed by atoms with Gasteiger partial charge in [0.15, 0.2) is 0 Å². The Morgan fingerprint density at radius 1 is 1.07 bits per heavy atom. The van der Waals surface area contributed by atoms with Gasteiger partial charge in [-0.1, -0.05) is 12.1 Å². The molecule has 0 spiro atoms. The number of para-hydroxylation sites is 1. The molecule has 1 aromatic heterocycles. The minimum absolute atomic E-state index is 0.0926. The molecule has 1 heterocycles. The van der Waals surface area contributed by atoms with Crippen molar-refractivity contribution in [1.82, 2.24) is 0 Å². The fourth-order valence-corrected chi connectivity index (χ4v) is 2.57. The monoisotopic (exact) mass is 377 g/mol. The first-order valence-corrected chi connectivity index (χ1v) is 9.05. The molecule has 0 unspecified atom stereocenters. The Bertz CT molecular complexity index is 799. The lowest BCUT2D eigenvalue weighted by atomic mass is 10.1. The molecule has 0 amide bonds. The average molecular weight is 377 g/mol. The molecule has 27 heavy (non-hydrogen) atoms. The summed E-state index contributed by atoms with van der Waals surface area (Å²) in [6.45, 7) is 5.18. The summed E-state index contributed by atoms with van der Waals surface area (Å²) in [4.78, 5) is 16.5. The van der Waals surface area contributed by atoms with Crippen molar-refractivity contribution >= 4 is 16.7 Å². The number of ether oxygens (including phenoxy) is 3. The van der Waals surface area contributed by atoms with Crippen molar-refractivity contribution in [3.8, 4) is 5.75 Å². The molecule has 0 radical (unpaired) electrons. The number of methoxy groups -OCH3 is 1. The Morgan fingerprint density at radius 3 is 2.52 bits per heavy atom. The number of aliphatic imine (C=N–C) groups is 1. The second kappa shape index (κ2) is 11.5. The van der Waals surface area contributed by atoms with Gasteiger partial charge in [-0.2, -0.15) is 0 Å². The summed E-state index contributed by atoms with van der Waals surface area (Å²) in [5.74, 6) is -0.0926. The van der Waals surface area contributed by atoms with E-state index in [-0.39, 0.29) is 11.3 Å². The number of fused-ring (bicyclic) bond motifs is 1. The molecule has 2 aromatic rings. The number of aromatic hydroxyl groups is 1. The van der Waals surface area contributed by atoms with E-state index in [0.29, 0.717) is 62.7 Å². The van der Waals surface area contributed by atoms with Gasteiger partial charge in [-0.15, -0.1) is 0 Å². The quantitative estimate of drug-likeness (QED) is 0.347. The van der Waals surface area contributed by atoms with Gasteiger partial charge in [0.25, 0.3) is 0 Å². The second-order valence-electron chi connectivity index (χ2n) is 6.00. The molecule has 0 saturated carbocycles. The van der Waals surface area contributed by atoms with Gasteiger partial charge in [0.2, 0.25) is 0 Å². The molecule has 7 heteroatoms. The highest BCUT2D eigenvalue weighted by Gasteiger charge is 2.15. The van der Waals surface area contributed by atoms with Crippen LogP contribution in [0.15, 0.2) is 38.5 Å². The smallest absolute Gasteiger partial charge is 0.349 e. The van der Waals surface area contributed by atoms with Gasteiger partial charge in [0.1, 0.15) is 16.9 Å². The predicted molar refractivity (Wildman–Crippen MR) is 104 cm³/mol. The molecule has 1 aromatic carbocycles. The van der Waals surface area contributed by atoms with Crippen LogP contribution in [-0.2, 0) is 14.2 Å². The standard InChI is InChI=1S/C20H27NO6/c1-15(21-9-5-11-25-13-14-26-12-6-10-24-2)18-19(22)16-7-3-4-8-17(16)27-20(18)23/h3-4,7-8,22H,5-6,9-14H2,1-2H3. The van der Waals surface area contributed by atoms with E-state index < -0.39 is 5.63 Å². The molecule has 0 bridgehead atoms. The molecule has 0 saturated heterocycles. The largest absolute Gasteiger partial charge is 0.506 e. The highest BCUT2D eigenvalue weighted by atomic mass is 16.5. The van der Waals surface area contributed by atoms with Crippen molar-refractivity contribution in [2.24, 2.45) is 4.99 Å². The van der Waals surface area contributed by atoms with Crippen LogP contribution in [0, 0.1) is 0 Å². The van der Waals surface area contributed by atoms with Crippen molar-refractivity contribution in [2.45, 2.75) is 19.8 Å². The zero-order valence-electron chi connectivity index (χ0n) is 15.9. The summed E-state index contributed by atoms with van der Waals surface area (Å²) in [5, 5.41) is 10.9. The highest BCUT2D eigenvalue weighted by molar-refractivity contribution is 6.04. The molecule has 0 aliphatic rings. The van der Waals surface area contributed by atoms with Crippen LogP contribution in [0.1, 0.15) is 25.3 Å². The van der Waals surface area contributed by atoms with Crippen molar-refractivity contribution in [1.29, 1.82) is 0 Å². The molecule has 2 rings (SSSR count). The van der Waals surface area contributed by atoms with E-state index in [1.165, 1.54) is 0 Å². The van der Waals surface area contributed by atoms with E-state index in [2.05, 4.69) is 4.99 Å². The minimum atomic E-state index is -0.589. The third kappa shape index (κ3) is 6.46. The number of rotatable bonds is 12. The number of hydrogen-bond donors (Lipinski definition) is 1. The molecule has 0 aliphatic heterocycles. The minimum Gasteiger partial charge on any atom is -0.506 e. The van der Waals surface area contributed by atoms with Crippen molar-refractivity contribution in [2.75, 3.05) is 46.7 Å². The fourth-order valence-electron chi connectivity index (χ4n) is 2.57. The molecular weight excluding hydrogens is 350 g/mol. The maximum Gasteiger partial charge on any atom is 0.349 e. The first kappa shape index (κ1) is 21.1. The van der Waals surface area contributed by atoms with E-state index in [1.54, 1.807) is 38.3 Å². The van der Waals surface area contributed by atoms with Crippen LogP contribution >= 0.6 is 0 Å². The highest BCUT2D eigenvalue weighted by Crippen LogP contribution is 2.26. The SMILES string of the molecule is COCCCOCCOCCCN=C(C)c1c(O)c2ccccc2oc1=O. The zero-order chi connectivity index (χ0) is 19.5. The molecule has 0 fully saturated rings. The van der Waals surface area contributed by atoms with Crippen molar-refractivity contribution in [3.05, 3.63) is 40.2 Å². The van der Waals surface area contributed by atoms with Crippen LogP contribution in [0.25, 0.3) is 11.0 Å². The molecular formula is C20H27NO6. The van der Waals surface area contributed by atoms with E-state index >= 15 is 0 Å². The zero-order valence-corrected chi connectivity index (χ0v) is 15.9. The molecule has 7 nitrogen and oxygen atoms in total. The predicted octanol–water partition coefficient (Wildman–Crippen LogP) is 2.77. The third-order valence-corrected chi connectivity index (χ3v) is 3.95. The van der Waals surface area contributed by atoms with Crippen molar-refractivity contribution in [3.63, 3.8) is 0 Å². The van der Waals surface area contributed by atoms with Gasteiger partial charge in [-0.3, -0.25) is 4.99 Å². The van der Waals surface area contributed by atoms with Crippen LogP contribution in [0.4, 0.5) is 0 Å². The van der Waals surface area contributed by atoms with Crippen LogP contribution in [-0.4, -0.2) is 57.5 Å². The Labute approximate surface area is 158 Å². The number of benzene rings is 1. The lowest BCUT2D eigenvalue weighted by molar-refractivity contribution is 0.0397. The summed E-state index contributed by atoms with van der Waals surface area (Å²) in [6.07, 6.45) is 1.58. The topological polar surface area (TPSA) is 90.5 Å². The fraction of sp³-hybridized carbons (Fsp3) is 0.500. The van der Waals surface area contributed by atoms with Crippen LogP contribution in [0.3, 0.4) is 0 Å². The summed E-state index contributed by atoms with van der Waals surface area (Å²) < 4.78 is 21.1. The van der Waals surface area contributed by atoms with E-state index in [1.807, 2.05) is 0 Å². The van der Waals surface area contributed by atoms with Gasteiger partial charge < -0.3 is 23.7 Å². The Balaban J connectivity index is 1.76. The Morgan fingerprint density at radius 2 is 1.78 bits per heavy atom. The Hall–Kier alpha value is -2.22. The van der Waals surface area contributed by atoms with Gasteiger partial charge in [-0.25, -0.2) is 4.79 Å². The first-order valence-electron chi connectivity index (χ1n) is 9.05. The lowest BCUT2D eigenvalue weighted by Gasteiger charge is -2.07. The van der Waals surface area contributed by atoms with Crippen LogP contribution < -0.4 is 5.63 Å². The van der Waals surface area contributed by atoms with Gasteiger partial charge in [0.05, 0.1) is 24.3 Å². The number of nitrogens with zero attached hydrogens (tertiary/aromatic N) is 1.